The number of thiocarbonyl (C=S) groups is 1. The van der Waals surface area contributed by atoms with Gasteiger partial charge in [-0.2, -0.15) is 0 Å². The van der Waals surface area contributed by atoms with Crippen LogP contribution in [0.15, 0.2) is 48.5 Å². The Morgan fingerprint density at radius 2 is 1.74 bits per heavy atom. The van der Waals surface area contributed by atoms with E-state index in [1.807, 2.05) is 36.4 Å². The maximum Gasteiger partial charge on any atom is 0.179 e. The summed E-state index contributed by atoms with van der Waals surface area (Å²) in [6, 6.07) is 14.7. The van der Waals surface area contributed by atoms with Crippen molar-refractivity contribution in [3.63, 3.8) is 0 Å². The van der Waals surface area contributed by atoms with Crippen LogP contribution in [0.25, 0.3) is 0 Å². The fourth-order valence-corrected chi connectivity index (χ4v) is 2.87. The van der Waals surface area contributed by atoms with Crippen LogP contribution in [0, 0.1) is 0 Å². The van der Waals surface area contributed by atoms with Gasteiger partial charge in [0.1, 0.15) is 0 Å². The summed E-state index contributed by atoms with van der Waals surface area (Å²) in [4.78, 5) is 13.1. The molecule has 1 N–H and O–H groups in total. The average molecular weight is 288 g/mol. The van der Waals surface area contributed by atoms with E-state index < -0.39 is 5.92 Å². The minimum absolute atomic E-state index is 0.00699. The molecular weight excluding hydrogens is 278 g/mol. The van der Waals surface area contributed by atoms with E-state index >= 15 is 0 Å². The van der Waals surface area contributed by atoms with E-state index in [4.69, 9.17) is 23.8 Å². The van der Waals surface area contributed by atoms with Crippen molar-refractivity contribution in [3.05, 3.63) is 64.7 Å². The third-order valence-corrected chi connectivity index (χ3v) is 3.87. The molecular formula is C15H10ClNOS. The SMILES string of the molecule is O=C1c2ccccc2NC(=S)C1c1ccccc1Cl. The molecule has 0 amide bonds. The minimum atomic E-state index is -0.501. The smallest absolute Gasteiger partial charge is 0.179 e. The van der Waals surface area contributed by atoms with Crippen molar-refractivity contribution in [1.29, 1.82) is 0 Å². The van der Waals surface area contributed by atoms with Gasteiger partial charge in [-0.05, 0) is 23.8 Å². The summed E-state index contributed by atoms with van der Waals surface area (Å²) in [7, 11) is 0. The van der Waals surface area contributed by atoms with E-state index in [0.29, 0.717) is 15.6 Å². The maximum absolute atomic E-state index is 12.6. The second-order valence-corrected chi connectivity index (χ2v) is 5.20. The lowest BCUT2D eigenvalue weighted by Crippen LogP contribution is -2.32. The largest absolute Gasteiger partial charge is 0.349 e. The van der Waals surface area contributed by atoms with Gasteiger partial charge in [0.05, 0.1) is 10.9 Å². The number of nitrogens with one attached hydrogen (secondary N) is 1. The van der Waals surface area contributed by atoms with E-state index in [-0.39, 0.29) is 5.78 Å². The number of carbonyl (C=O) groups excluding carboxylic acids is 1. The van der Waals surface area contributed by atoms with Crippen molar-refractivity contribution in [3.8, 4) is 0 Å². The molecule has 1 heterocycles. The summed E-state index contributed by atoms with van der Waals surface area (Å²) < 4.78 is 0. The molecule has 0 saturated heterocycles. The van der Waals surface area contributed by atoms with Crippen LogP contribution in [0.1, 0.15) is 21.8 Å². The molecule has 0 fully saturated rings. The molecule has 2 aromatic rings. The van der Waals surface area contributed by atoms with Crippen LogP contribution < -0.4 is 5.32 Å². The molecule has 1 atom stereocenters. The van der Waals surface area contributed by atoms with Crippen LogP contribution in [0.5, 0.6) is 0 Å². The summed E-state index contributed by atoms with van der Waals surface area (Å²) in [6.07, 6.45) is 0. The molecule has 0 bridgehead atoms. The van der Waals surface area contributed by atoms with Gasteiger partial charge in [0.2, 0.25) is 0 Å². The number of benzene rings is 2. The molecule has 3 rings (SSSR count). The molecule has 1 aliphatic rings. The predicted molar refractivity (Wildman–Crippen MR) is 81.2 cm³/mol. The standard InChI is InChI=1S/C15H10ClNOS/c16-11-7-3-1-5-9(11)13-14(18)10-6-2-4-8-12(10)17-15(13)19/h1-8,13H,(H,17,19). The highest BCUT2D eigenvalue weighted by Gasteiger charge is 2.33. The summed E-state index contributed by atoms with van der Waals surface area (Å²) in [5, 5.41) is 3.68. The van der Waals surface area contributed by atoms with Crippen LogP contribution in [0.4, 0.5) is 5.69 Å². The van der Waals surface area contributed by atoms with Gasteiger partial charge in [0.25, 0.3) is 0 Å². The monoisotopic (exact) mass is 287 g/mol. The van der Waals surface area contributed by atoms with E-state index in [9.17, 15) is 4.79 Å². The number of hydrogen-bond donors (Lipinski definition) is 1. The highest BCUT2D eigenvalue weighted by atomic mass is 35.5. The van der Waals surface area contributed by atoms with Gasteiger partial charge in [-0.25, -0.2) is 0 Å². The zero-order chi connectivity index (χ0) is 13.4. The van der Waals surface area contributed by atoms with Gasteiger partial charge in [-0.3, -0.25) is 4.79 Å². The number of anilines is 1. The predicted octanol–water partition coefficient (Wildman–Crippen LogP) is 4.06. The molecule has 2 nitrogen and oxygen atoms in total. The second-order valence-electron chi connectivity index (χ2n) is 4.35. The number of ketones is 1. The molecule has 0 aromatic heterocycles. The molecule has 2 aromatic carbocycles. The fraction of sp³-hybridized carbons (Fsp3) is 0.0667. The van der Waals surface area contributed by atoms with Crippen molar-refractivity contribution in [2.24, 2.45) is 0 Å². The first-order chi connectivity index (χ1) is 9.18. The Balaban J connectivity index is 2.12. The minimum Gasteiger partial charge on any atom is -0.349 e. The van der Waals surface area contributed by atoms with Crippen LogP contribution in [-0.4, -0.2) is 10.8 Å². The molecule has 1 unspecified atom stereocenters. The van der Waals surface area contributed by atoms with Crippen molar-refractivity contribution >= 4 is 40.3 Å². The Hall–Kier alpha value is -1.71. The Labute approximate surface area is 121 Å². The Morgan fingerprint density at radius 1 is 1.05 bits per heavy atom. The third kappa shape index (κ3) is 2.05. The lowest BCUT2D eigenvalue weighted by atomic mass is 9.87. The molecule has 0 spiro atoms. The molecule has 94 valence electrons. The first kappa shape index (κ1) is 12.3. The number of para-hydroxylation sites is 1. The lowest BCUT2D eigenvalue weighted by molar-refractivity contribution is 0.0982. The fourth-order valence-electron chi connectivity index (χ4n) is 2.28. The summed E-state index contributed by atoms with van der Waals surface area (Å²) in [5.74, 6) is -0.508. The summed E-state index contributed by atoms with van der Waals surface area (Å²) >= 11 is 11.5. The van der Waals surface area contributed by atoms with E-state index in [0.717, 1.165) is 11.3 Å². The summed E-state index contributed by atoms with van der Waals surface area (Å²) in [6.45, 7) is 0. The molecule has 19 heavy (non-hydrogen) atoms. The first-order valence-corrected chi connectivity index (χ1v) is 6.65. The first-order valence-electron chi connectivity index (χ1n) is 5.87. The van der Waals surface area contributed by atoms with Gasteiger partial charge in [0, 0.05) is 16.3 Å². The van der Waals surface area contributed by atoms with E-state index in [1.165, 1.54) is 0 Å². The highest BCUT2D eigenvalue weighted by molar-refractivity contribution is 7.80. The molecule has 4 heteroatoms. The average Bonchev–Trinajstić information content (AvgIpc) is 2.41. The lowest BCUT2D eigenvalue weighted by Gasteiger charge is -2.26. The number of hydrogen-bond acceptors (Lipinski definition) is 2. The van der Waals surface area contributed by atoms with Crippen molar-refractivity contribution in [2.45, 2.75) is 5.92 Å². The zero-order valence-corrected chi connectivity index (χ0v) is 11.5. The third-order valence-electron chi connectivity index (χ3n) is 3.19. The van der Waals surface area contributed by atoms with Gasteiger partial charge in [0.15, 0.2) is 5.78 Å². The number of carbonyl (C=O) groups is 1. The Kier molecular flexibility index (Phi) is 3.09. The summed E-state index contributed by atoms with van der Waals surface area (Å²) in [5.41, 5.74) is 2.17. The van der Waals surface area contributed by atoms with Gasteiger partial charge < -0.3 is 5.32 Å². The number of fused-ring (bicyclic) bond motifs is 1. The van der Waals surface area contributed by atoms with Crippen LogP contribution >= 0.6 is 23.8 Å². The van der Waals surface area contributed by atoms with Crippen molar-refractivity contribution in [1.82, 2.24) is 0 Å². The number of rotatable bonds is 1. The normalized spacial score (nSPS) is 17.8. The van der Waals surface area contributed by atoms with Crippen LogP contribution in [-0.2, 0) is 0 Å². The highest BCUT2D eigenvalue weighted by Crippen LogP contribution is 2.34. The van der Waals surface area contributed by atoms with Crippen LogP contribution in [0.2, 0.25) is 5.02 Å². The molecule has 0 aliphatic carbocycles. The quantitative estimate of drug-likeness (QED) is 0.802. The molecule has 0 radical (unpaired) electrons. The van der Waals surface area contributed by atoms with Gasteiger partial charge in [-0.15, -0.1) is 0 Å². The van der Waals surface area contributed by atoms with E-state index in [2.05, 4.69) is 5.32 Å². The number of Topliss-reactive ketones (excluding diaryl/α,β-unsaturated/α-hetero) is 1. The second kappa shape index (κ2) is 4.76. The van der Waals surface area contributed by atoms with E-state index in [1.54, 1.807) is 12.1 Å². The topological polar surface area (TPSA) is 29.1 Å². The maximum atomic E-state index is 12.6. The van der Waals surface area contributed by atoms with Crippen molar-refractivity contribution < 1.29 is 4.79 Å². The Bertz CT molecular complexity index is 683. The van der Waals surface area contributed by atoms with Crippen molar-refractivity contribution in [2.75, 3.05) is 5.32 Å². The number of halogens is 1. The molecule has 1 aliphatic heterocycles. The Morgan fingerprint density at radius 3 is 2.53 bits per heavy atom. The van der Waals surface area contributed by atoms with Crippen LogP contribution in [0.3, 0.4) is 0 Å². The molecule has 0 saturated carbocycles. The van der Waals surface area contributed by atoms with Gasteiger partial charge >= 0.3 is 0 Å². The van der Waals surface area contributed by atoms with Gasteiger partial charge in [-0.1, -0.05) is 54.2 Å². The zero-order valence-electron chi connectivity index (χ0n) is 9.89.